The zero-order valence-corrected chi connectivity index (χ0v) is 9.40. The highest BCUT2D eigenvalue weighted by atomic mass is 16.4. The fraction of sp³-hybridized carbons (Fsp3) is 0.800. The molecule has 0 aromatic heterocycles. The van der Waals surface area contributed by atoms with Crippen LogP contribution in [0.1, 0.15) is 39.5 Å². The summed E-state index contributed by atoms with van der Waals surface area (Å²) >= 11 is 0. The van der Waals surface area contributed by atoms with Crippen molar-refractivity contribution in [3.05, 3.63) is 0 Å². The van der Waals surface area contributed by atoms with Crippen molar-refractivity contribution in [3.63, 3.8) is 0 Å². The van der Waals surface area contributed by atoms with Gasteiger partial charge >= 0.3 is 11.9 Å². The maximum absolute atomic E-state index is 10.8. The van der Waals surface area contributed by atoms with Crippen molar-refractivity contribution in [1.29, 1.82) is 0 Å². The highest BCUT2D eigenvalue weighted by molar-refractivity contribution is 5.73. The van der Waals surface area contributed by atoms with E-state index < -0.39 is 23.8 Å². The van der Waals surface area contributed by atoms with Crippen LogP contribution in [0.3, 0.4) is 0 Å². The number of unbranched alkanes of at least 4 members (excludes halogenated alkanes) is 1. The van der Waals surface area contributed by atoms with Gasteiger partial charge in [-0.05, 0) is 12.8 Å². The maximum Gasteiger partial charge on any atom is 0.306 e. The van der Waals surface area contributed by atoms with Crippen LogP contribution < -0.4 is 6.15 Å². The van der Waals surface area contributed by atoms with Crippen LogP contribution in [0.5, 0.6) is 0 Å². The lowest BCUT2D eigenvalue weighted by molar-refractivity contribution is -0.145. The van der Waals surface area contributed by atoms with E-state index in [1.165, 1.54) is 0 Å². The molecule has 0 fully saturated rings. The molecular weight excluding hydrogens is 198 g/mol. The van der Waals surface area contributed by atoms with Crippen molar-refractivity contribution in [3.8, 4) is 0 Å². The minimum absolute atomic E-state index is 0. The van der Waals surface area contributed by atoms with Crippen LogP contribution in [0.2, 0.25) is 0 Å². The van der Waals surface area contributed by atoms with E-state index in [1.54, 1.807) is 6.92 Å². The number of carboxylic acids is 2. The van der Waals surface area contributed by atoms with E-state index in [4.69, 9.17) is 10.2 Å². The van der Waals surface area contributed by atoms with Crippen molar-refractivity contribution in [2.75, 3.05) is 0 Å². The number of hydrogen-bond acceptors (Lipinski definition) is 3. The van der Waals surface area contributed by atoms with E-state index in [2.05, 4.69) is 0 Å². The van der Waals surface area contributed by atoms with Crippen molar-refractivity contribution >= 4 is 11.9 Å². The average Bonchev–Trinajstić information content (AvgIpc) is 2.10. The second-order valence-corrected chi connectivity index (χ2v) is 3.65. The summed E-state index contributed by atoms with van der Waals surface area (Å²) in [6, 6.07) is 0. The largest absolute Gasteiger partial charge is 0.481 e. The number of carbonyl (C=O) groups is 2. The summed E-state index contributed by atoms with van der Waals surface area (Å²) < 4.78 is 0. The van der Waals surface area contributed by atoms with E-state index in [9.17, 15) is 9.59 Å². The predicted octanol–water partition coefficient (Wildman–Crippen LogP) is 2.15. The standard InChI is InChI=1S/C10H18O4.H3N/c1-3-4-5-8(10(13)14)6-7(2)9(11)12;/h7-8H,3-6H2,1-2H3,(H,11,12)(H,13,14);1H3. The van der Waals surface area contributed by atoms with Gasteiger partial charge in [0.15, 0.2) is 0 Å². The smallest absolute Gasteiger partial charge is 0.306 e. The molecule has 0 aliphatic heterocycles. The summed E-state index contributed by atoms with van der Waals surface area (Å²) in [6.07, 6.45) is 2.57. The number of rotatable bonds is 7. The Balaban J connectivity index is 0. The molecule has 5 nitrogen and oxygen atoms in total. The van der Waals surface area contributed by atoms with Gasteiger partial charge < -0.3 is 16.4 Å². The lowest BCUT2D eigenvalue weighted by Crippen LogP contribution is -2.20. The van der Waals surface area contributed by atoms with Crippen molar-refractivity contribution in [1.82, 2.24) is 6.15 Å². The molecule has 0 rings (SSSR count). The number of hydrogen-bond donors (Lipinski definition) is 3. The summed E-state index contributed by atoms with van der Waals surface area (Å²) in [6.45, 7) is 3.53. The van der Waals surface area contributed by atoms with Gasteiger partial charge in [0.05, 0.1) is 11.8 Å². The molecule has 5 N–H and O–H groups in total. The average molecular weight is 219 g/mol. The first-order chi connectivity index (χ1) is 6.49. The Hall–Kier alpha value is -1.10. The molecule has 2 unspecified atom stereocenters. The van der Waals surface area contributed by atoms with Gasteiger partial charge in [0.25, 0.3) is 0 Å². The van der Waals surface area contributed by atoms with Crippen LogP contribution in [0.15, 0.2) is 0 Å². The minimum atomic E-state index is -0.923. The highest BCUT2D eigenvalue weighted by Gasteiger charge is 2.23. The normalized spacial score (nSPS) is 13.7. The minimum Gasteiger partial charge on any atom is -0.481 e. The first-order valence-electron chi connectivity index (χ1n) is 4.94. The van der Waals surface area contributed by atoms with Gasteiger partial charge in [0.2, 0.25) is 0 Å². The fourth-order valence-corrected chi connectivity index (χ4v) is 1.32. The molecule has 0 saturated heterocycles. The van der Waals surface area contributed by atoms with E-state index in [-0.39, 0.29) is 12.6 Å². The fourth-order valence-electron chi connectivity index (χ4n) is 1.32. The summed E-state index contributed by atoms with van der Waals surface area (Å²) in [4.78, 5) is 21.3. The quantitative estimate of drug-likeness (QED) is 0.607. The summed E-state index contributed by atoms with van der Waals surface area (Å²) in [5.74, 6) is -2.90. The summed E-state index contributed by atoms with van der Waals surface area (Å²) in [5, 5.41) is 17.5. The van der Waals surface area contributed by atoms with Gasteiger partial charge in [0.1, 0.15) is 0 Å². The third kappa shape index (κ3) is 6.90. The number of carboxylic acid groups (broad SMARTS) is 2. The molecule has 0 radical (unpaired) electrons. The molecule has 5 heteroatoms. The molecule has 0 saturated carbocycles. The van der Waals surface area contributed by atoms with Gasteiger partial charge in [-0.3, -0.25) is 9.59 Å². The second kappa shape index (κ2) is 8.23. The lowest BCUT2D eigenvalue weighted by Gasteiger charge is -2.13. The van der Waals surface area contributed by atoms with Gasteiger partial charge in [-0.25, -0.2) is 0 Å². The van der Waals surface area contributed by atoms with Crippen molar-refractivity contribution in [2.24, 2.45) is 11.8 Å². The lowest BCUT2D eigenvalue weighted by atomic mass is 9.91. The first-order valence-corrected chi connectivity index (χ1v) is 4.94. The molecule has 0 aliphatic carbocycles. The Kier molecular flexibility index (Phi) is 8.96. The SMILES string of the molecule is CCCCC(CC(C)C(=O)O)C(=O)O.N. The molecular formula is C10H21NO4. The van der Waals surface area contributed by atoms with E-state index in [0.29, 0.717) is 6.42 Å². The third-order valence-electron chi connectivity index (χ3n) is 2.32. The zero-order valence-electron chi connectivity index (χ0n) is 9.40. The van der Waals surface area contributed by atoms with Gasteiger partial charge in [-0.15, -0.1) is 0 Å². The van der Waals surface area contributed by atoms with Gasteiger partial charge in [0, 0.05) is 0 Å². The molecule has 0 bridgehead atoms. The van der Waals surface area contributed by atoms with Crippen LogP contribution in [0.25, 0.3) is 0 Å². The van der Waals surface area contributed by atoms with Gasteiger partial charge in [-0.1, -0.05) is 26.7 Å². The van der Waals surface area contributed by atoms with Crippen LogP contribution >= 0.6 is 0 Å². The molecule has 90 valence electrons. The van der Waals surface area contributed by atoms with Gasteiger partial charge in [-0.2, -0.15) is 0 Å². The predicted molar refractivity (Wildman–Crippen MR) is 57.1 cm³/mol. The molecule has 0 spiro atoms. The molecule has 0 aromatic rings. The Morgan fingerprint density at radius 2 is 1.73 bits per heavy atom. The van der Waals surface area contributed by atoms with E-state index >= 15 is 0 Å². The van der Waals surface area contributed by atoms with Crippen molar-refractivity contribution in [2.45, 2.75) is 39.5 Å². The molecule has 15 heavy (non-hydrogen) atoms. The van der Waals surface area contributed by atoms with Crippen LogP contribution in [-0.4, -0.2) is 22.2 Å². The maximum atomic E-state index is 10.8. The first kappa shape index (κ1) is 16.3. The Bertz CT molecular complexity index is 206. The zero-order chi connectivity index (χ0) is 11.1. The monoisotopic (exact) mass is 219 g/mol. The van der Waals surface area contributed by atoms with Crippen LogP contribution in [0.4, 0.5) is 0 Å². The molecule has 0 heterocycles. The molecule has 2 atom stereocenters. The molecule has 0 amide bonds. The Morgan fingerprint density at radius 1 is 1.20 bits per heavy atom. The van der Waals surface area contributed by atoms with E-state index in [0.717, 1.165) is 12.8 Å². The van der Waals surface area contributed by atoms with Crippen LogP contribution in [0, 0.1) is 11.8 Å². The molecule has 0 aromatic carbocycles. The third-order valence-corrected chi connectivity index (χ3v) is 2.32. The Morgan fingerprint density at radius 3 is 2.07 bits per heavy atom. The van der Waals surface area contributed by atoms with Crippen LogP contribution in [-0.2, 0) is 9.59 Å². The summed E-state index contributed by atoms with van der Waals surface area (Å²) in [7, 11) is 0. The topological polar surface area (TPSA) is 110 Å². The van der Waals surface area contributed by atoms with Crippen molar-refractivity contribution < 1.29 is 19.8 Å². The Labute approximate surface area is 90.1 Å². The number of aliphatic carboxylic acids is 2. The van der Waals surface area contributed by atoms with E-state index in [1.807, 2.05) is 6.92 Å². The highest BCUT2D eigenvalue weighted by Crippen LogP contribution is 2.18. The summed E-state index contributed by atoms with van der Waals surface area (Å²) in [5.41, 5.74) is 0. The molecule has 0 aliphatic rings. The second-order valence-electron chi connectivity index (χ2n) is 3.65.